The molecular weight excluding hydrogens is 276 g/mol. The van der Waals surface area contributed by atoms with Gasteiger partial charge in [-0.1, -0.05) is 6.92 Å². The Morgan fingerprint density at radius 2 is 2.10 bits per heavy atom. The first kappa shape index (κ1) is 15.0. The van der Waals surface area contributed by atoms with E-state index in [1.165, 1.54) is 0 Å². The number of amides is 1. The van der Waals surface area contributed by atoms with Gasteiger partial charge in [0.05, 0.1) is 5.69 Å². The average molecular weight is 293 g/mol. The molecule has 21 heavy (non-hydrogen) atoms. The quantitative estimate of drug-likeness (QED) is 0.890. The fourth-order valence-electron chi connectivity index (χ4n) is 2.09. The Labute approximate surface area is 121 Å². The van der Waals surface area contributed by atoms with Gasteiger partial charge in [0, 0.05) is 24.8 Å². The van der Waals surface area contributed by atoms with Crippen LogP contribution in [-0.4, -0.2) is 10.5 Å². The zero-order valence-electron chi connectivity index (χ0n) is 11.7. The van der Waals surface area contributed by atoms with Crippen LogP contribution in [0.5, 0.6) is 0 Å². The number of benzene rings is 1. The molecule has 2 rings (SSSR count). The third kappa shape index (κ3) is 3.59. The van der Waals surface area contributed by atoms with Gasteiger partial charge in [0.1, 0.15) is 17.3 Å². The maximum Gasteiger partial charge on any atom is 0.268 e. The van der Waals surface area contributed by atoms with E-state index in [0.29, 0.717) is 17.9 Å². The molecule has 0 aliphatic rings. The summed E-state index contributed by atoms with van der Waals surface area (Å²) in [6.45, 7) is 2.56. The summed E-state index contributed by atoms with van der Waals surface area (Å²) in [5.74, 6) is -1.47. The minimum absolute atomic E-state index is 0.0837. The molecule has 3 N–H and O–H groups in total. The van der Waals surface area contributed by atoms with Crippen molar-refractivity contribution in [2.75, 3.05) is 5.73 Å². The zero-order chi connectivity index (χ0) is 15.4. The summed E-state index contributed by atoms with van der Waals surface area (Å²) < 4.78 is 28.3. The number of halogens is 2. The molecule has 0 fully saturated rings. The summed E-state index contributed by atoms with van der Waals surface area (Å²) in [7, 11) is 0. The molecule has 4 nitrogen and oxygen atoms in total. The van der Waals surface area contributed by atoms with E-state index >= 15 is 0 Å². The first-order valence-electron chi connectivity index (χ1n) is 6.69. The first-order valence-corrected chi connectivity index (χ1v) is 6.69. The summed E-state index contributed by atoms with van der Waals surface area (Å²) in [6.07, 6.45) is 2.54. The Morgan fingerprint density at radius 1 is 1.33 bits per heavy atom. The number of anilines is 1. The van der Waals surface area contributed by atoms with Crippen molar-refractivity contribution in [3.8, 4) is 0 Å². The molecule has 112 valence electrons. The molecule has 6 heteroatoms. The van der Waals surface area contributed by atoms with E-state index in [4.69, 9.17) is 5.73 Å². The smallest absolute Gasteiger partial charge is 0.268 e. The van der Waals surface area contributed by atoms with Crippen molar-refractivity contribution in [1.82, 2.24) is 9.88 Å². The Balaban J connectivity index is 2.10. The van der Waals surface area contributed by atoms with Gasteiger partial charge in [0.15, 0.2) is 0 Å². The third-order valence-corrected chi connectivity index (χ3v) is 3.06. The molecule has 1 heterocycles. The molecule has 1 aromatic heterocycles. The van der Waals surface area contributed by atoms with Gasteiger partial charge >= 0.3 is 0 Å². The van der Waals surface area contributed by atoms with Gasteiger partial charge in [-0.15, -0.1) is 0 Å². The van der Waals surface area contributed by atoms with Crippen LogP contribution in [0.2, 0.25) is 0 Å². The van der Waals surface area contributed by atoms with Crippen molar-refractivity contribution < 1.29 is 13.6 Å². The second kappa shape index (κ2) is 6.39. The van der Waals surface area contributed by atoms with E-state index in [1.54, 1.807) is 16.8 Å². The average Bonchev–Trinajstić information content (AvgIpc) is 2.81. The molecule has 1 aromatic carbocycles. The van der Waals surface area contributed by atoms with Crippen LogP contribution in [-0.2, 0) is 13.1 Å². The Kier molecular flexibility index (Phi) is 4.57. The van der Waals surface area contributed by atoms with Crippen molar-refractivity contribution in [2.45, 2.75) is 26.4 Å². The summed E-state index contributed by atoms with van der Waals surface area (Å²) in [6, 6.07) is 4.70. The number of hydrogen-bond donors (Lipinski definition) is 2. The molecule has 0 aliphatic heterocycles. The molecule has 0 atom stereocenters. The van der Waals surface area contributed by atoms with Crippen LogP contribution in [0.3, 0.4) is 0 Å². The van der Waals surface area contributed by atoms with Gasteiger partial charge in [-0.3, -0.25) is 4.79 Å². The third-order valence-electron chi connectivity index (χ3n) is 3.06. The number of aromatic nitrogens is 1. The second-order valence-corrected chi connectivity index (χ2v) is 4.77. The van der Waals surface area contributed by atoms with Crippen LogP contribution in [0, 0.1) is 11.6 Å². The van der Waals surface area contributed by atoms with E-state index in [1.807, 2.05) is 6.92 Å². The summed E-state index contributed by atoms with van der Waals surface area (Å²) >= 11 is 0. The maximum absolute atomic E-state index is 13.5. The highest BCUT2D eigenvalue weighted by Crippen LogP contribution is 2.13. The molecule has 0 saturated carbocycles. The van der Waals surface area contributed by atoms with Gasteiger partial charge in [0.2, 0.25) is 0 Å². The molecule has 1 amide bonds. The Morgan fingerprint density at radius 3 is 2.81 bits per heavy atom. The standard InChI is InChI=1S/C15H17F2N3O/c1-2-5-20-9-12(18)7-14(20)15(21)19-8-10-6-11(16)3-4-13(10)17/h3-4,6-7,9H,2,5,8,18H2,1H3,(H,19,21). The van der Waals surface area contributed by atoms with Gasteiger partial charge in [-0.2, -0.15) is 0 Å². The van der Waals surface area contributed by atoms with Gasteiger partial charge in [0.25, 0.3) is 5.91 Å². The van der Waals surface area contributed by atoms with Crippen LogP contribution in [0.4, 0.5) is 14.5 Å². The topological polar surface area (TPSA) is 60.0 Å². The van der Waals surface area contributed by atoms with Crippen molar-refractivity contribution in [3.63, 3.8) is 0 Å². The lowest BCUT2D eigenvalue weighted by Crippen LogP contribution is -2.25. The minimum atomic E-state index is -0.555. The second-order valence-electron chi connectivity index (χ2n) is 4.77. The van der Waals surface area contributed by atoms with Gasteiger partial charge < -0.3 is 15.6 Å². The number of nitrogen functional groups attached to an aromatic ring is 1. The van der Waals surface area contributed by atoms with Crippen molar-refractivity contribution in [2.24, 2.45) is 0 Å². The van der Waals surface area contributed by atoms with Crippen LogP contribution < -0.4 is 11.1 Å². The number of carbonyl (C=O) groups excluding carboxylic acids is 1. The monoisotopic (exact) mass is 293 g/mol. The molecule has 0 spiro atoms. The van der Waals surface area contributed by atoms with E-state index in [-0.39, 0.29) is 18.0 Å². The number of nitrogens with two attached hydrogens (primary N) is 1. The number of nitrogens with zero attached hydrogens (tertiary/aromatic N) is 1. The molecule has 0 radical (unpaired) electrons. The highest BCUT2D eigenvalue weighted by atomic mass is 19.1. The van der Waals surface area contributed by atoms with Crippen LogP contribution >= 0.6 is 0 Å². The number of nitrogens with one attached hydrogen (secondary N) is 1. The largest absolute Gasteiger partial charge is 0.397 e. The Bertz CT molecular complexity index is 652. The fraction of sp³-hybridized carbons (Fsp3) is 0.267. The van der Waals surface area contributed by atoms with Crippen molar-refractivity contribution in [1.29, 1.82) is 0 Å². The lowest BCUT2D eigenvalue weighted by Gasteiger charge is -2.09. The van der Waals surface area contributed by atoms with Crippen LogP contribution in [0.1, 0.15) is 29.4 Å². The normalized spacial score (nSPS) is 10.6. The lowest BCUT2D eigenvalue weighted by molar-refractivity contribution is 0.0941. The molecule has 0 bridgehead atoms. The number of hydrogen-bond acceptors (Lipinski definition) is 2. The fourth-order valence-corrected chi connectivity index (χ4v) is 2.09. The molecular formula is C15H17F2N3O. The summed E-state index contributed by atoms with van der Waals surface area (Å²) in [5.41, 5.74) is 6.69. The van der Waals surface area contributed by atoms with Crippen LogP contribution in [0.15, 0.2) is 30.5 Å². The van der Waals surface area contributed by atoms with Gasteiger partial charge in [-0.05, 0) is 30.7 Å². The van der Waals surface area contributed by atoms with Crippen LogP contribution in [0.25, 0.3) is 0 Å². The molecule has 0 aliphatic carbocycles. The summed E-state index contributed by atoms with van der Waals surface area (Å²) in [5, 5.41) is 2.57. The summed E-state index contributed by atoms with van der Waals surface area (Å²) in [4.78, 5) is 12.1. The predicted molar refractivity (Wildman–Crippen MR) is 76.7 cm³/mol. The maximum atomic E-state index is 13.5. The number of carbonyl (C=O) groups is 1. The zero-order valence-corrected chi connectivity index (χ0v) is 11.7. The van der Waals surface area contributed by atoms with E-state index in [9.17, 15) is 13.6 Å². The number of rotatable bonds is 5. The lowest BCUT2D eigenvalue weighted by atomic mass is 10.2. The highest BCUT2D eigenvalue weighted by Gasteiger charge is 2.13. The first-order chi connectivity index (χ1) is 10.0. The minimum Gasteiger partial charge on any atom is -0.397 e. The SMILES string of the molecule is CCCn1cc(N)cc1C(=O)NCc1cc(F)ccc1F. The van der Waals surface area contributed by atoms with E-state index in [0.717, 1.165) is 24.6 Å². The predicted octanol–water partition coefficient (Wildman–Crippen LogP) is 2.69. The highest BCUT2D eigenvalue weighted by molar-refractivity contribution is 5.93. The Hall–Kier alpha value is -2.37. The van der Waals surface area contributed by atoms with E-state index in [2.05, 4.69) is 5.32 Å². The molecule has 0 unspecified atom stereocenters. The van der Waals surface area contributed by atoms with Gasteiger partial charge in [-0.25, -0.2) is 8.78 Å². The van der Waals surface area contributed by atoms with Crippen molar-refractivity contribution >= 4 is 11.6 Å². The molecule has 0 saturated heterocycles. The van der Waals surface area contributed by atoms with Crippen molar-refractivity contribution in [3.05, 3.63) is 53.4 Å². The number of aryl methyl sites for hydroxylation is 1. The van der Waals surface area contributed by atoms with E-state index < -0.39 is 11.6 Å². The molecule has 2 aromatic rings.